The van der Waals surface area contributed by atoms with E-state index in [9.17, 15) is 10.1 Å². The van der Waals surface area contributed by atoms with Gasteiger partial charge in [-0.2, -0.15) is 0 Å². The highest BCUT2D eigenvalue weighted by Gasteiger charge is 2.19. The molecule has 0 saturated heterocycles. The number of hydrogen-bond donors (Lipinski definition) is 1. The van der Waals surface area contributed by atoms with Crippen molar-refractivity contribution in [3.63, 3.8) is 0 Å². The Kier molecular flexibility index (Phi) is 2.34. The summed E-state index contributed by atoms with van der Waals surface area (Å²) in [4.78, 5) is 10.9. The van der Waals surface area contributed by atoms with E-state index >= 15 is 0 Å². The lowest BCUT2D eigenvalue weighted by molar-refractivity contribution is -0.428. The van der Waals surface area contributed by atoms with Gasteiger partial charge in [-0.15, -0.1) is 12.6 Å². The maximum Gasteiger partial charge on any atom is 0.246 e. The first-order valence-corrected chi connectivity index (χ1v) is 3.80. The lowest BCUT2D eigenvalue weighted by Crippen LogP contribution is -2.08. The van der Waals surface area contributed by atoms with Crippen LogP contribution in [-0.2, 0) is 0 Å². The van der Waals surface area contributed by atoms with Crippen LogP contribution in [0, 0.1) is 16.0 Å². The van der Waals surface area contributed by atoms with Crippen LogP contribution in [0.15, 0.2) is 22.8 Å². The third kappa shape index (κ3) is 1.83. The molecule has 3 nitrogen and oxygen atoms in total. The van der Waals surface area contributed by atoms with Crippen molar-refractivity contribution in [3.05, 3.63) is 32.9 Å². The van der Waals surface area contributed by atoms with Gasteiger partial charge < -0.3 is 0 Å². The molecule has 0 radical (unpaired) electrons. The Morgan fingerprint density at radius 1 is 1.73 bits per heavy atom. The standard InChI is InChI=1S/C7H9NO2S/c1-5-4-6(8(9)10)2-3-7(5)11/h2-3,5,11H,4H2,1H3. The normalized spacial score (nSPS) is 24.0. The molecule has 1 atom stereocenters. The zero-order chi connectivity index (χ0) is 8.43. The predicted octanol–water partition coefficient (Wildman–Crippen LogP) is 2.00. The molecular formula is C7H9NO2S. The Labute approximate surface area is 70.4 Å². The number of nitrogens with zero attached hydrogens (tertiary/aromatic N) is 1. The average molecular weight is 171 g/mol. The molecule has 0 aromatic carbocycles. The number of rotatable bonds is 1. The molecular weight excluding hydrogens is 162 g/mol. The molecule has 0 aromatic heterocycles. The second kappa shape index (κ2) is 3.09. The van der Waals surface area contributed by atoms with E-state index < -0.39 is 0 Å². The van der Waals surface area contributed by atoms with Crippen LogP contribution in [0.3, 0.4) is 0 Å². The van der Waals surface area contributed by atoms with E-state index in [0.717, 1.165) is 4.91 Å². The van der Waals surface area contributed by atoms with Gasteiger partial charge in [0.15, 0.2) is 0 Å². The van der Waals surface area contributed by atoms with Crippen LogP contribution in [0.1, 0.15) is 13.3 Å². The molecule has 0 heterocycles. The molecule has 1 rings (SSSR count). The first-order valence-electron chi connectivity index (χ1n) is 3.35. The summed E-state index contributed by atoms with van der Waals surface area (Å²) in [6.07, 6.45) is 3.69. The van der Waals surface area contributed by atoms with Gasteiger partial charge in [0.25, 0.3) is 0 Å². The van der Waals surface area contributed by atoms with Crippen molar-refractivity contribution in [1.82, 2.24) is 0 Å². The Morgan fingerprint density at radius 2 is 2.36 bits per heavy atom. The summed E-state index contributed by atoms with van der Waals surface area (Å²) in [5, 5.41) is 10.3. The van der Waals surface area contributed by atoms with Gasteiger partial charge in [0.1, 0.15) is 0 Å². The van der Waals surface area contributed by atoms with Crippen molar-refractivity contribution in [2.75, 3.05) is 0 Å². The Bertz CT molecular complexity index is 245. The summed E-state index contributed by atoms with van der Waals surface area (Å²) in [6, 6.07) is 0. The number of nitro groups is 1. The SMILES string of the molecule is CC1CC([N+](=O)[O-])=CC=C1S. The van der Waals surface area contributed by atoms with Crippen molar-refractivity contribution in [1.29, 1.82) is 0 Å². The van der Waals surface area contributed by atoms with Crippen LogP contribution >= 0.6 is 12.6 Å². The van der Waals surface area contributed by atoms with Gasteiger partial charge in [-0.25, -0.2) is 0 Å². The summed E-state index contributed by atoms with van der Waals surface area (Å²) in [5.41, 5.74) is 0.273. The summed E-state index contributed by atoms with van der Waals surface area (Å²) in [6.45, 7) is 1.93. The third-order valence-electron chi connectivity index (χ3n) is 1.70. The van der Waals surface area contributed by atoms with Gasteiger partial charge in [0.05, 0.1) is 4.92 Å². The van der Waals surface area contributed by atoms with Crippen molar-refractivity contribution in [3.8, 4) is 0 Å². The summed E-state index contributed by atoms with van der Waals surface area (Å²) >= 11 is 4.16. The molecule has 0 N–H and O–H groups in total. The van der Waals surface area contributed by atoms with E-state index in [0.29, 0.717) is 6.42 Å². The van der Waals surface area contributed by atoms with E-state index in [4.69, 9.17) is 0 Å². The smallest absolute Gasteiger partial charge is 0.246 e. The van der Waals surface area contributed by atoms with Gasteiger partial charge >= 0.3 is 0 Å². The van der Waals surface area contributed by atoms with E-state index in [1.54, 1.807) is 6.08 Å². The van der Waals surface area contributed by atoms with Crippen LogP contribution in [0.25, 0.3) is 0 Å². The average Bonchev–Trinajstić information content (AvgIpc) is 1.94. The van der Waals surface area contributed by atoms with E-state index in [1.807, 2.05) is 6.92 Å². The largest absolute Gasteiger partial charge is 0.259 e. The van der Waals surface area contributed by atoms with Gasteiger partial charge in [-0.05, 0) is 16.9 Å². The zero-order valence-corrected chi connectivity index (χ0v) is 7.04. The van der Waals surface area contributed by atoms with Gasteiger partial charge in [0, 0.05) is 12.5 Å². The summed E-state index contributed by atoms with van der Waals surface area (Å²) < 4.78 is 0. The second-order valence-corrected chi connectivity index (χ2v) is 3.13. The lowest BCUT2D eigenvalue weighted by atomic mass is 10.0. The van der Waals surface area contributed by atoms with E-state index in [-0.39, 0.29) is 16.5 Å². The van der Waals surface area contributed by atoms with Crippen molar-refractivity contribution in [2.24, 2.45) is 5.92 Å². The molecule has 0 spiro atoms. The Balaban J connectivity index is 2.82. The molecule has 0 saturated carbocycles. The molecule has 1 aliphatic rings. The predicted molar refractivity (Wildman–Crippen MR) is 45.9 cm³/mol. The molecule has 1 unspecified atom stereocenters. The van der Waals surface area contributed by atoms with Crippen LogP contribution in [-0.4, -0.2) is 4.92 Å². The minimum atomic E-state index is -0.340. The maximum absolute atomic E-state index is 10.3. The van der Waals surface area contributed by atoms with Gasteiger partial charge in [-0.3, -0.25) is 10.1 Å². The fraction of sp³-hybridized carbons (Fsp3) is 0.429. The first kappa shape index (κ1) is 8.33. The topological polar surface area (TPSA) is 43.1 Å². The third-order valence-corrected chi connectivity index (χ3v) is 2.29. The van der Waals surface area contributed by atoms with Crippen LogP contribution in [0.5, 0.6) is 0 Å². The fourth-order valence-electron chi connectivity index (χ4n) is 0.968. The Hall–Kier alpha value is -0.770. The van der Waals surface area contributed by atoms with Crippen LogP contribution in [0.4, 0.5) is 0 Å². The minimum Gasteiger partial charge on any atom is -0.259 e. The van der Waals surface area contributed by atoms with Gasteiger partial charge in [0.2, 0.25) is 5.70 Å². The lowest BCUT2D eigenvalue weighted by Gasteiger charge is -2.12. The molecule has 1 aliphatic carbocycles. The van der Waals surface area contributed by atoms with E-state index in [1.165, 1.54) is 6.08 Å². The molecule has 0 amide bonds. The number of hydrogen-bond acceptors (Lipinski definition) is 3. The molecule has 4 heteroatoms. The van der Waals surface area contributed by atoms with Crippen LogP contribution < -0.4 is 0 Å². The van der Waals surface area contributed by atoms with Crippen LogP contribution in [0.2, 0.25) is 0 Å². The quantitative estimate of drug-likeness (QED) is 0.372. The summed E-state index contributed by atoms with van der Waals surface area (Å²) in [5.74, 6) is 0.184. The number of allylic oxidation sites excluding steroid dienone is 4. The molecule has 0 aromatic rings. The highest BCUT2D eigenvalue weighted by Crippen LogP contribution is 2.26. The second-order valence-electron chi connectivity index (χ2n) is 2.61. The van der Waals surface area contributed by atoms with Gasteiger partial charge in [-0.1, -0.05) is 6.92 Å². The zero-order valence-electron chi connectivity index (χ0n) is 6.15. The monoisotopic (exact) mass is 171 g/mol. The molecule has 0 fully saturated rings. The molecule has 60 valence electrons. The minimum absolute atomic E-state index is 0.184. The fourth-order valence-corrected chi connectivity index (χ4v) is 1.13. The molecule has 0 bridgehead atoms. The maximum atomic E-state index is 10.3. The first-order chi connectivity index (χ1) is 5.11. The summed E-state index contributed by atoms with van der Waals surface area (Å²) in [7, 11) is 0. The van der Waals surface area contributed by atoms with Crippen molar-refractivity contribution < 1.29 is 4.92 Å². The Morgan fingerprint density at radius 3 is 2.82 bits per heavy atom. The molecule has 11 heavy (non-hydrogen) atoms. The van der Waals surface area contributed by atoms with Crippen molar-refractivity contribution in [2.45, 2.75) is 13.3 Å². The highest BCUT2D eigenvalue weighted by molar-refractivity contribution is 7.84. The highest BCUT2D eigenvalue weighted by atomic mass is 32.1. The van der Waals surface area contributed by atoms with E-state index in [2.05, 4.69) is 12.6 Å². The molecule has 0 aliphatic heterocycles. The number of thiol groups is 1. The van der Waals surface area contributed by atoms with Crippen molar-refractivity contribution >= 4 is 12.6 Å².